The summed E-state index contributed by atoms with van der Waals surface area (Å²) in [6.07, 6.45) is 0.591. The highest BCUT2D eigenvalue weighted by Crippen LogP contribution is 2.31. The van der Waals surface area contributed by atoms with Crippen LogP contribution in [-0.4, -0.2) is 65.8 Å². The number of morpholine rings is 1. The molecular weight excluding hydrogens is 370 g/mol. The number of benzene rings is 1. The monoisotopic (exact) mass is 399 g/mol. The summed E-state index contributed by atoms with van der Waals surface area (Å²) in [7, 11) is -3.53. The fourth-order valence-corrected chi connectivity index (χ4v) is 3.72. The Bertz CT molecular complexity index is 740. The summed E-state index contributed by atoms with van der Waals surface area (Å²) in [5.41, 5.74) is 0.820. The number of anilines is 2. The van der Waals surface area contributed by atoms with Crippen molar-refractivity contribution in [1.82, 2.24) is 5.32 Å². The molecule has 0 atom stereocenters. The number of alkyl carbamates (subject to hydrolysis) is 1. The molecule has 9 heteroatoms. The smallest absolute Gasteiger partial charge is 0.407 e. The van der Waals surface area contributed by atoms with Crippen LogP contribution in [0.15, 0.2) is 24.3 Å². The van der Waals surface area contributed by atoms with E-state index < -0.39 is 21.7 Å². The Morgan fingerprint density at radius 1 is 1.26 bits per heavy atom. The van der Waals surface area contributed by atoms with Gasteiger partial charge in [-0.15, -0.1) is 0 Å². The molecule has 0 radical (unpaired) electrons. The van der Waals surface area contributed by atoms with Crippen LogP contribution in [0, 0.1) is 0 Å². The number of carbonyl (C=O) groups is 1. The Labute approximate surface area is 161 Å². The van der Waals surface area contributed by atoms with Gasteiger partial charge in [0.1, 0.15) is 5.60 Å². The van der Waals surface area contributed by atoms with E-state index in [-0.39, 0.29) is 13.1 Å². The number of rotatable bonds is 6. The van der Waals surface area contributed by atoms with Crippen LogP contribution in [0.25, 0.3) is 0 Å². The van der Waals surface area contributed by atoms with Crippen molar-refractivity contribution in [3.05, 3.63) is 24.3 Å². The van der Waals surface area contributed by atoms with Crippen molar-refractivity contribution in [1.29, 1.82) is 0 Å². The van der Waals surface area contributed by atoms with Crippen LogP contribution in [0.5, 0.6) is 0 Å². The van der Waals surface area contributed by atoms with Gasteiger partial charge in [-0.25, -0.2) is 13.2 Å². The third-order valence-corrected chi connectivity index (χ3v) is 5.07. The van der Waals surface area contributed by atoms with Crippen LogP contribution in [0.2, 0.25) is 0 Å². The SMILES string of the molecule is CC(C)(C)OC(=O)NCCN(c1ccccc1N1CCOCC1)S(C)(=O)=O. The molecule has 0 bridgehead atoms. The molecule has 152 valence electrons. The van der Waals surface area contributed by atoms with Crippen LogP contribution < -0.4 is 14.5 Å². The standard InChI is InChI=1S/C18H29N3O5S/c1-18(2,3)26-17(22)19-9-10-21(27(4,23)24)16-8-6-5-7-15(16)20-11-13-25-14-12-20/h5-8H,9-14H2,1-4H3,(H,19,22). The van der Waals surface area contributed by atoms with Crippen molar-refractivity contribution < 1.29 is 22.7 Å². The summed E-state index contributed by atoms with van der Waals surface area (Å²) in [6, 6.07) is 7.37. The molecule has 0 unspecified atom stereocenters. The average molecular weight is 400 g/mol. The number of hydrogen-bond acceptors (Lipinski definition) is 6. The Hall–Kier alpha value is -2.00. The molecule has 1 saturated heterocycles. The number of amides is 1. The highest BCUT2D eigenvalue weighted by molar-refractivity contribution is 7.92. The molecule has 2 rings (SSSR count). The number of carbonyl (C=O) groups excluding carboxylic acids is 1. The third-order valence-electron chi connectivity index (χ3n) is 3.89. The molecule has 1 amide bonds. The molecule has 1 aromatic carbocycles. The topological polar surface area (TPSA) is 88.2 Å². The van der Waals surface area contributed by atoms with E-state index in [1.807, 2.05) is 12.1 Å². The second-order valence-corrected chi connectivity index (χ2v) is 9.26. The number of nitrogens with zero attached hydrogens (tertiary/aromatic N) is 2. The van der Waals surface area contributed by atoms with Gasteiger partial charge < -0.3 is 19.7 Å². The van der Waals surface area contributed by atoms with Crippen molar-refractivity contribution in [2.75, 3.05) is 54.9 Å². The van der Waals surface area contributed by atoms with Gasteiger partial charge in [0.05, 0.1) is 37.4 Å². The first kappa shape index (κ1) is 21.3. The van der Waals surface area contributed by atoms with Crippen LogP contribution in [0.3, 0.4) is 0 Å². The fourth-order valence-electron chi connectivity index (χ4n) is 2.79. The second kappa shape index (κ2) is 8.79. The zero-order valence-corrected chi connectivity index (χ0v) is 17.2. The van der Waals surface area contributed by atoms with E-state index in [0.717, 1.165) is 11.9 Å². The molecule has 8 nitrogen and oxygen atoms in total. The molecule has 1 fully saturated rings. The van der Waals surface area contributed by atoms with E-state index in [4.69, 9.17) is 9.47 Å². The summed E-state index contributed by atoms with van der Waals surface area (Å²) in [6.45, 7) is 8.17. The van der Waals surface area contributed by atoms with E-state index in [1.165, 1.54) is 4.31 Å². The van der Waals surface area contributed by atoms with E-state index >= 15 is 0 Å². The maximum Gasteiger partial charge on any atom is 0.407 e. The molecule has 1 aromatic rings. The van der Waals surface area contributed by atoms with Crippen LogP contribution in [0.4, 0.5) is 16.2 Å². The Balaban J connectivity index is 2.14. The van der Waals surface area contributed by atoms with Gasteiger partial charge in [0.2, 0.25) is 10.0 Å². The van der Waals surface area contributed by atoms with Crippen molar-refractivity contribution >= 4 is 27.5 Å². The lowest BCUT2D eigenvalue weighted by molar-refractivity contribution is 0.0529. The van der Waals surface area contributed by atoms with E-state index in [1.54, 1.807) is 32.9 Å². The average Bonchev–Trinajstić information content (AvgIpc) is 2.57. The maximum atomic E-state index is 12.4. The van der Waals surface area contributed by atoms with Crippen molar-refractivity contribution in [2.45, 2.75) is 26.4 Å². The van der Waals surface area contributed by atoms with Gasteiger partial charge in [-0.3, -0.25) is 4.31 Å². The lowest BCUT2D eigenvalue weighted by Gasteiger charge is -2.33. The Kier molecular flexibility index (Phi) is 6.94. The first-order valence-electron chi connectivity index (χ1n) is 8.94. The van der Waals surface area contributed by atoms with Gasteiger partial charge in [0, 0.05) is 19.6 Å². The maximum absolute atomic E-state index is 12.4. The largest absolute Gasteiger partial charge is 0.444 e. The molecule has 1 N–H and O–H groups in total. The van der Waals surface area contributed by atoms with Crippen molar-refractivity contribution in [2.24, 2.45) is 0 Å². The molecular formula is C18H29N3O5S. The van der Waals surface area contributed by atoms with E-state index in [2.05, 4.69) is 10.2 Å². The summed E-state index contributed by atoms with van der Waals surface area (Å²) in [5.74, 6) is 0. The summed E-state index contributed by atoms with van der Waals surface area (Å²) in [5, 5.41) is 2.61. The summed E-state index contributed by atoms with van der Waals surface area (Å²) in [4.78, 5) is 13.9. The predicted octanol–water partition coefficient (Wildman–Crippen LogP) is 1.81. The van der Waals surface area contributed by atoms with Gasteiger partial charge in [-0.2, -0.15) is 0 Å². The minimum atomic E-state index is -3.53. The predicted molar refractivity (Wildman–Crippen MR) is 106 cm³/mol. The number of nitrogens with one attached hydrogen (secondary N) is 1. The van der Waals surface area contributed by atoms with E-state index in [9.17, 15) is 13.2 Å². The van der Waals surface area contributed by atoms with Gasteiger partial charge in [0.25, 0.3) is 0 Å². The summed E-state index contributed by atoms with van der Waals surface area (Å²) >= 11 is 0. The molecule has 0 aliphatic carbocycles. The van der Waals surface area contributed by atoms with Crippen LogP contribution in [-0.2, 0) is 19.5 Å². The first-order valence-corrected chi connectivity index (χ1v) is 10.8. The number of ether oxygens (including phenoxy) is 2. The first-order chi connectivity index (χ1) is 12.6. The zero-order valence-electron chi connectivity index (χ0n) is 16.4. The van der Waals surface area contributed by atoms with Crippen LogP contribution in [0.1, 0.15) is 20.8 Å². The lowest BCUT2D eigenvalue weighted by Crippen LogP contribution is -2.42. The molecule has 0 aromatic heterocycles. The van der Waals surface area contributed by atoms with Crippen molar-refractivity contribution in [3.8, 4) is 0 Å². The normalized spacial score (nSPS) is 15.3. The van der Waals surface area contributed by atoms with Crippen molar-refractivity contribution in [3.63, 3.8) is 0 Å². The number of hydrogen-bond donors (Lipinski definition) is 1. The molecule has 1 aliphatic heterocycles. The quantitative estimate of drug-likeness (QED) is 0.785. The minimum Gasteiger partial charge on any atom is -0.444 e. The molecule has 0 saturated carbocycles. The Morgan fingerprint density at radius 3 is 2.48 bits per heavy atom. The van der Waals surface area contributed by atoms with Gasteiger partial charge in [0.15, 0.2) is 0 Å². The third kappa shape index (κ3) is 6.59. The van der Waals surface area contributed by atoms with Gasteiger partial charge in [-0.1, -0.05) is 12.1 Å². The highest BCUT2D eigenvalue weighted by Gasteiger charge is 2.24. The number of para-hydroxylation sites is 2. The minimum absolute atomic E-state index is 0.111. The molecule has 1 aliphatic rings. The van der Waals surface area contributed by atoms with Crippen LogP contribution >= 0.6 is 0 Å². The summed E-state index contributed by atoms with van der Waals surface area (Å²) < 4.78 is 36.7. The zero-order chi connectivity index (χ0) is 20.1. The molecule has 27 heavy (non-hydrogen) atoms. The van der Waals surface area contributed by atoms with E-state index in [0.29, 0.717) is 32.0 Å². The van der Waals surface area contributed by atoms with Gasteiger partial charge >= 0.3 is 6.09 Å². The lowest BCUT2D eigenvalue weighted by atomic mass is 10.2. The second-order valence-electron chi connectivity index (χ2n) is 7.35. The molecule has 0 spiro atoms. The highest BCUT2D eigenvalue weighted by atomic mass is 32.2. The fraction of sp³-hybridized carbons (Fsp3) is 0.611. The molecule has 1 heterocycles. The Morgan fingerprint density at radius 2 is 1.89 bits per heavy atom. The van der Waals surface area contributed by atoms with Gasteiger partial charge in [-0.05, 0) is 32.9 Å². The number of sulfonamides is 1.